The molecule has 0 aliphatic carbocycles. The summed E-state index contributed by atoms with van der Waals surface area (Å²) in [6, 6.07) is 0. The second-order valence-electron chi connectivity index (χ2n) is 3.49. The van der Waals surface area contributed by atoms with Crippen molar-refractivity contribution in [3.63, 3.8) is 0 Å². The SMILES string of the molecule is CN1CC(=O)N(C)C(C)(C(=O)O)C1=O. The molecule has 6 heteroatoms. The molecule has 1 atom stereocenters. The van der Waals surface area contributed by atoms with Crippen LogP contribution in [-0.4, -0.2) is 58.9 Å². The Morgan fingerprint density at radius 2 is 1.93 bits per heavy atom. The average molecular weight is 200 g/mol. The molecule has 0 saturated carbocycles. The number of nitrogens with zero attached hydrogens (tertiary/aromatic N) is 2. The van der Waals surface area contributed by atoms with Gasteiger partial charge in [-0.2, -0.15) is 0 Å². The maximum atomic E-state index is 11.6. The lowest BCUT2D eigenvalue weighted by atomic mass is 9.96. The summed E-state index contributed by atoms with van der Waals surface area (Å²) in [4.78, 5) is 36.0. The Kier molecular flexibility index (Phi) is 2.22. The van der Waals surface area contributed by atoms with E-state index in [2.05, 4.69) is 0 Å². The van der Waals surface area contributed by atoms with Crippen LogP contribution in [0.1, 0.15) is 6.92 Å². The van der Waals surface area contributed by atoms with Gasteiger partial charge in [-0.05, 0) is 6.92 Å². The Balaban J connectivity index is 3.17. The average Bonchev–Trinajstić information content (AvgIpc) is 2.11. The van der Waals surface area contributed by atoms with Crippen molar-refractivity contribution in [2.75, 3.05) is 20.6 Å². The molecular weight excluding hydrogens is 188 g/mol. The molecule has 0 radical (unpaired) electrons. The van der Waals surface area contributed by atoms with E-state index < -0.39 is 17.4 Å². The summed E-state index contributed by atoms with van der Waals surface area (Å²) in [6.07, 6.45) is 0. The van der Waals surface area contributed by atoms with Gasteiger partial charge >= 0.3 is 5.97 Å². The summed E-state index contributed by atoms with van der Waals surface area (Å²) in [5.41, 5.74) is -1.77. The Bertz CT molecular complexity index is 314. The van der Waals surface area contributed by atoms with Crippen LogP contribution in [0.5, 0.6) is 0 Å². The van der Waals surface area contributed by atoms with Crippen LogP contribution < -0.4 is 0 Å². The maximum absolute atomic E-state index is 11.6. The monoisotopic (exact) mass is 200 g/mol. The lowest BCUT2D eigenvalue weighted by Crippen LogP contribution is -2.68. The van der Waals surface area contributed by atoms with Crippen molar-refractivity contribution in [3.05, 3.63) is 0 Å². The van der Waals surface area contributed by atoms with Crippen LogP contribution in [0.3, 0.4) is 0 Å². The van der Waals surface area contributed by atoms with Gasteiger partial charge in [-0.15, -0.1) is 0 Å². The predicted octanol–water partition coefficient (Wildman–Crippen LogP) is -1.24. The minimum Gasteiger partial charge on any atom is -0.479 e. The van der Waals surface area contributed by atoms with Crippen LogP contribution in [0, 0.1) is 0 Å². The molecule has 1 saturated heterocycles. The van der Waals surface area contributed by atoms with Crippen molar-refractivity contribution in [2.45, 2.75) is 12.5 Å². The zero-order valence-corrected chi connectivity index (χ0v) is 8.27. The highest BCUT2D eigenvalue weighted by molar-refractivity contribution is 6.11. The molecule has 1 aliphatic rings. The molecular formula is C8H12N2O4. The molecule has 6 nitrogen and oxygen atoms in total. The number of likely N-dealkylation sites (N-methyl/N-ethyl adjacent to an activating group) is 2. The van der Waals surface area contributed by atoms with Crippen LogP contribution in [0.4, 0.5) is 0 Å². The minimum atomic E-state index is -1.77. The first kappa shape index (κ1) is 10.5. The van der Waals surface area contributed by atoms with E-state index in [1.54, 1.807) is 0 Å². The fourth-order valence-electron chi connectivity index (χ4n) is 1.38. The van der Waals surface area contributed by atoms with Crippen molar-refractivity contribution >= 4 is 17.8 Å². The van der Waals surface area contributed by atoms with E-state index in [-0.39, 0.29) is 12.5 Å². The third-order valence-corrected chi connectivity index (χ3v) is 2.60. The number of carbonyl (C=O) groups excluding carboxylic acids is 2. The normalized spacial score (nSPS) is 28.2. The van der Waals surface area contributed by atoms with Crippen molar-refractivity contribution in [2.24, 2.45) is 0 Å². The third-order valence-electron chi connectivity index (χ3n) is 2.60. The van der Waals surface area contributed by atoms with Gasteiger partial charge in [0.05, 0.1) is 6.54 Å². The van der Waals surface area contributed by atoms with E-state index >= 15 is 0 Å². The van der Waals surface area contributed by atoms with Crippen LogP contribution in [0.25, 0.3) is 0 Å². The fraction of sp³-hybridized carbons (Fsp3) is 0.625. The standard InChI is InChI=1S/C8H12N2O4/c1-8(7(13)14)6(12)9(2)4-5(11)10(8)3/h4H2,1-3H3,(H,13,14). The van der Waals surface area contributed by atoms with Gasteiger partial charge in [-0.3, -0.25) is 9.59 Å². The Morgan fingerprint density at radius 1 is 1.43 bits per heavy atom. The molecule has 1 unspecified atom stereocenters. The highest BCUT2D eigenvalue weighted by Crippen LogP contribution is 2.21. The lowest BCUT2D eigenvalue weighted by Gasteiger charge is -2.41. The third kappa shape index (κ3) is 1.14. The first-order valence-corrected chi connectivity index (χ1v) is 4.07. The number of amides is 2. The smallest absolute Gasteiger partial charge is 0.339 e. The van der Waals surface area contributed by atoms with Gasteiger partial charge in [0.1, 0.15) is 0 Å². The largest absolute Gasteiger partial charge is 0.479 e. The van der Waals surface area contributed by atoms with Crippen LogP contribution in [0.15, 0.2) is 0 Å². The van der Waals surface area contributed by atoms with Crippen LogP contribution in [-0.2, 0) is 14.4 Å². The van der Waals surface area contributed by atoms with E-state index in [0.29, 0.717) is 0 Å². The number of rotatable bonds is 1. The van der Waals surface area contributed by atoms with Gasteiger partial charge in [0.25, 0.3) is 5.91 Å². The first-order chi connectivity index (χ1) is 6.31. The molecule has 0 aromatic rings. The van der Waals surface area contributed by atoms with Gasteiger partial charge in [-0.1, -0.05) is 0 Å². The Labute approximate surface area is 81.1 Å². The molecule has 0 aromatic carbocycles. The number of carbonyl (C=O) groups is 3. The lowest BCUT2D eigenvalue weighted by molar-refractivity contribution is -0.172. The Morgan fingerprint density at radius 3 is 2.36 bits per heavy atom. The number of hydrogen-bond donors (Lipinski definition) is 1. The van der Waals surface area contributed by atoms with E-state index in [0.717, 1.165) is 9.80 Å². The molecule has 78 valence electrons. The zero-order chi connectivity index (χ0) is 11.1. The van der Waals surface area contributed by atoms with Crippen molar-refractivity contribution in [1.82, 2.24) is 9.80 Å². The summed E-state index contributed by atoms with van der Waals surface area (Å²) in [7, 11) is 2.73. The number of piperazine rings is 1. The summed E-state index contributed by atoms with van der Waals surface area (Å²) in [5.74, 6) is -2.27. The Hall–Kier alpha value is -1.59. The van der Waals surface area contributed by atoms with Gasteiger partial charge in [0, 0.05) is 14.1 Å². The molecule has 2 amide bonds. The predicted molar refractivity (Wildman–Crippen MR) is 46.4 cm³/mol. The molecule has 1 aliphatic heterocycles. The molecule has 1 heterocycles. The number of carboxylic acids is 1. The van der Waals surface area contributed by atoms with Crippen molar-refractivity contribution in [1.29, 1.82) is 0 Å². The number of hydrogen-bond acceptors (Lipinski definition) is 3. The summed E-state index contributed by atoms with van der Waals surface area (Å²) in [6.45, 7) is 1.16. The maximum Gasteiger partial charge on any atom is 0.339 e. The number of carboxylic acid groups (broad SMARTS) is 1. The van der Waals surface area contributed by atoms with E-state index in [1.807, 2.05) is 0 Å². The highest BCUT2D eigenvalue weighted by Gasteiger charge is 2.52. The minimum absolute atomic E-state index is 0.0712. The van der Waals surface area contributed by atoms with Gasteiger partial charge in [0.15, 0.2) is 0 Å². The molecule has 14 heavy (non-hydrogen) atoms. The second-order valence-corrected chi connectivity index (χ2v) is 3.49. The van der Waals surface area contributed by atoms with E-state index in [9.17, 15) is 14.4 Å². The van der Waals surface area contributed by atoms with Crippen LogP contribution >= 0.6 is 0 Å². The van der Waals surface area contributed by atoms with Gasteiger partial charge in [-0.25, -0.2) is 4.79 Å². The van der Waals surface area contributed by atoms with Crippen molar-refractivity contribution in [3.8, 4) is 0 Å². The highest BCUT2D eigenvalue weighted by atomic mass is 16.4. The van der Waals surface area contributed by atoms with Crippen LogP contribution in [0.2, 0.25) is 0 Å². The molecule has 1 rings (SSSR count). The molecule has 1 N–H and O–H groups in total. The zero-order valence-electron chi connectivity index (χ0n) is 8.27. The summed E-state index contributed by atoms with van der Waals surface area (Å²) < 4.78 is 0. The molecule has 0 bridgehead atoms. The van der Waals surface area contributed by atoms with Gasteiger partial charge < -0.3 is 14.9 Å². The summed E-state index contributed by atoms with van der Waals surface area (Å²) >= 11 is 0. The first-order valence-electron chi connectivity index (χ1n) is 4.07. The topological polar surface area (TPSA) is 77.9 Å². The molecule has 0 aromatic heterocycles. The van der Waals surface area contributed by atoms with E-state index in [1.165, 1.54) is 21.0 Å². The fourth-order valence-corrected chi connectivity index (χ4v) is 1.38. The quantitative estimate of drug-likeness (QED) is 0.537. The number of aliphatic carboxylic acids is 1. The van der Waals surface area contributed by atoms with Gasteiger partial charge in [0.2, 0.25) is 11.4 Å². The molecule has 0 spiro atoms. The van der Waals surface area contributed by atoms with Crippen molar-refractivity contribution < 1.29 is 19.5 Å². The molecule has 1 fully saturated rings. The van der Waals surface area contributed by atoms with E-state index in [4.69, 9.17) is 5.11 Å². The summed E-state index contributed by atoms with van der Waals surface area (Å²) in [5, 5.41) is 8.93. The second kappa shape index (κ2) is 2.97.